The number of benzene rings is 2. The van der Waals surface area contributed by atoms with Gasteiger partial charge in [-0.2, -0.15) is 0 Å². The molecule has 0 aliphatic heterocycles. The minimum Gasteiger partial charge on any atom is -0.490 e. The van der Waals surface area contributed by atoms with Crippen LogP contribution in [-0.4, -0.2) is 26.4 Å². The highest BCUT2D eigenvalue weighted by Crippen LogP contribution is 2.29. The van der Waals surface area contributed by atoms with Gasteiger partial charge in [-0.05, 0) is 56.5 Å². The minimum atomic E-state index is 0.538. The Morgan fingerprint density at radius 3 is 2.32 bits per heavy atom. The number of ether oxygens (including phenoxy) is 3. The topological polar surface area (TPSA) is 39.7 Å². The molecule has 0 aromatic heterocycles. The van der Waals surface area contributed by atoms with E-state index < -0.39 is 0 Å². The zero-order valence-corrected chi connectivity index (χ0v) is 17.6. The zero-order valence-electron chi connectivity index (χ0n) is 17.6. The molecule has 0 atom stereocenters. The van der Waals surface area contributed by atoms with Gasteiger partial charge in [0.15, 0.2) is 11.5 Å². The molecule has 0 amide bonds. The number of nitrogens with one attached hydrogen (secondary N) is 1. The fourth-order valence-electron chi connectivity index (χ4n) is 2.78. The molecule has 154 valence electrons. The van der Waals surface area contributed by atoms with Crippen LogP contribution in [0.3, 0.4) is 0 Å². The molecule has 0 spiro atoms. The van der Waals surface area contributed by atoms with E-state index in [-0.39, 0.29) is 0 Å². The summed E-state index contributed by atoms with van der Waals surface area (Å²) < 4.78 is 17.4. The first kappa shape index (κ1) is 22.3. The minimum absolute atomic E-state index is 0.538. The fraction of sp³-hybridized carbons (Fsp3) is 0.500. The summed E-state index contributed by atoms with van der Waals surface area (Å²) >= 11 is 0. The van der Waals surface area contributed by atoms with Crippen molar-refractivity contribution in [3.63, 3.8) is 0 Å². The quantitative estimate of drug-likeness (QED) is 0.450. The van der Waals surface area contributed by atoms with Crippen molar-refractivity contribution in [3.8, 4) is 11.5 Å². The summed E-state index contributed by atoms with van der Waals surface area (Å²) in [7, 11) is 0. The smallest absolute Gasteiger partial charge is 0.161 e. The van der Waals surface area contributed by atoms with E-state index in [0.29, 0.717) is 13.2 Å². The van der Waals surface area contributed by atoms with Crippen LogP contribution in [-0.2, 0) is 17.9 Å². The molecule has 0 heterocycles. The van der Waals surface area contributed by atoms with Crippen LogP contribution in [0.4, 0.5) is 0 Å². The van der Waals surface area contributed by atoms with Gasteiger partial charge in [0, 0.05) is 19.8 Å². The summed E-state index contributed by atoms with van der Waals surface area (Å²) in [5.74, 6) is 1.59. The van der Waals surface area contributed by atoms with Crippen LogP contribution in [0.5, 0.6) is 11.5 Å². The van der Waals surface area contributed by atoms with Gasteiger partial charge in [0.2, 0.25) is 0 Å². The van der Waals surface area contributed by atoms with Crippen LogP contribution in [0.15, 0.2) is 42.5 Å². The first-order valence-corrected chi connectivity index (χ1v) is 10.5. The number of hydrogen-bond acceptors (Lipinski definition) is 4. The molecule has 0 saturated carbocycles. The molecule has 2 rings (SSSR count). The molecule has 0 saturated heterocycles. The van der Waals surface area contributed by atoms with Crippen LogP contribution < -0.4 is 14.8 Å². The Bertz CT molecular complexity index is 670. The third-order valence-corrected chi connectivity index (χ3v) is 4.44. The maximum atomic E-state index is 6.00. The zero-order chi connectivity index (χ0) is 20.0. The van der Waals surface area contributed by atoms with Gasteiger partial charge in [0.25, 0.3) is 0 Å². The van der Waals surface area contributed by atoms with E-state index in [9.17, 15) is 0 Å². The van der Waals surface area contributed by atoms with Crippen molar-refractivity contribution in [2.45, 2.75) is 53.2 Å². The van der Waals surface area contributed by atoms with E-state index in [1.165, 1.54) is 17.5 Å². The number of hydrogen-bond donors (Lipinski definition) is 1. The SMILES string of the molecule is CCCCOCCCNCc1ccc(OCc2ccc(C)cc2)c(OCC)c1. The predicted molar refractivity (Wildman–Crippen MR) is 115 cm³/mol. The monoisotopic (exact) mass is 385 g/mol. The average molecular weight is 386 g/mol. The molecule has 0 radical (unpaired) electrons. The van der Waals surface area contributed by atoms with E-state index in [1.54, 1.807) is 0 Å². The van der Waals surface area contributed by atoms with Crippen LogP contribution >= 0.6 is 0 Å². The highest BCUT2D eigenvalue weighted by molar-refractivity contribution is 5.43. The number of aryl methyl sites for hydroxylation is 1. The van der Waals surface area contributed by atoms with Crippen LogP contribution in [0.2, 0.25) is 0 Å². The second-order valence-corrected chi connectivity index (χ2v) is 6.98. The van der Waals surface area contributed by atoms with Gasteiger partial charge in [0.05, 0.1) is 6.61 Å². The Hall–Kier alpha value is -2.04. The van der Waals surface area contributed by atoms with E-state index in [4.69, 9.17) is 14.2 Å². The lowest BCUT2D eigenvalue weighted by Crippen LogP contribution is -2.16. The molecule has 28 heavy (non-hydrogen) atoms. The maximum Gasteiger partial charge on any atom is 0.161 e. The van der Waals surface area contributed by atoms with Crippen LogP contribution in [0.1, 0.15) is 49.8 Å². The summed E-state index contributed by atoms with van der Waals surface area (Å²) in [4.78, 5) is 0. The van der Waals surface area contributed by atoms with Crippen LogP contribution in [0, 0.1) is 6.92 Å². The standard InChI is InChI=1S/C24H35NO3/c1-4-6-15-26-16-7-14-25-18-22-12-13-23(24(17-22)27-5-2)28-19-21-10-8-20(3)9-11-21/h8-13,17,25H,4-7,14-16,18-19H2,1-3H3. The first-order chi connectivity index (χ1) is 13.7. The van der Waals surface area contributed by atoms with Crippen molar-refractivity contribution in [2.75, 3.05) is 26.4 Å². The number of unbranched alkanes of at least 4 members (excludes halogenated alkanes) is 1. The van der Waals surface area contributed by atoms with Gasteiger partial charge in [0.1, 0.15) is 6.61 Å². The lowest BCUT2D eigenvalue weighted by Gasteiger charge is -2.14. The molecule has 2 aromatic carbocycles. The Labute approximate surface area is 170 Å². The molecule has 0 aliphatic rings. The van der Waals surface area contributed by atoms with E-state index in [1.807, 2.05) is 13.0 Å². The second kappa shape index (κ2) is 13.2. The average Bonchev–Trinajstić information content (AvgIpc) is 2.71. The Kier molecular flexibility index (Phi) is 10.5. The van der Waals surface area contributed by atoms with Crippen molar-refractivity contribution in [1.29, 1.82) is 0 Å². The summed E-state index contributed by atoms with van der Waals surface area (Å²) in [5, 5.41) is 3.47. The van der Waals surface area contributed by atoms with Crippen molar-refractivity contribution >= 4 is 0 Å². The molecule has 4 nitrogen and oxygen atoms in total. The van der Waals surface area contributed by atoms with Gasteiger partial charge in [-0.3, -0.25) is 0 Å². The molecule has 0 fully saturated rings. The largest absolute Gasteiger partial charge is 0.490 e. The Balaban J connectivity index is 1.79. The van der Waals surface area contributed by atoms with Crippen molar-refractivity contribution in [3.05, 3.63) is 59.2 Å². The first-order valence-electron chi connectivity index (χ1n) is 10.5. The normalized spacial score (nSPS) is 10.8. The molecule has 0 aliphatic carbocycles. The number of rotatable bonds is 14. The highest BCUT2D eigenvalue weighted by Gasteiger charge is 2.07. The lowest BCUT2D eigenvalue weighted by molar-refractivity contribution is 0.129. The molecule has 4 heteroatoms. The molecule has 1 N–H and O–H groups in total. The van der Waals surface area contributed by atoms with Gasteiger partial charge >= 0.3 is 0 Å². The molecular weight excluding hydrogens is 350 g/mol. The maximum absolute atomic E-state index is 6.00. The van der Waals surface area contributed by atoms with Gasteiger partial charge in [-0.1, -0.05) is 49.2 Å². The summed E-state index contributed by atoms with van der Waals surface area (Å²) in [6, 6.07) is 14.6. The highest BCUT2D eigenvalue weighted by atomic mass is 16.5. The van der Waals surface area contributed by atoms with Crippen molar-refractivity contribution in [2.24, 2.45) is 0 Å². The van der Waals surface area contributed by atoms with Gasteiger partial charge in [-0.15, -0.1) is 0 Å². The van der Waals surface area contributed by atoms with E-state index in [2.05, 4.69) is 55.6 Å². The molecule has 2 aromatic rings. The molecule has 0 unspecified atom stereocenters. The van der Waals surface area contributed by atoms with Gasteiger partial charge in [-0.25, -0.2) is 0 Å². The summed E-state index contributed by atoms with van der Waals surface area (Å²) in [5.41, 5.74) is 3.60. The van der Waals surface area contributed by atoms with Gasteiger partial charge < -0.3 is 19.5 Å². The lowest BCUT2D eigenvalue weighted by atomic mass is 10.1. The molecular formula is C24H35NO3. The van der Waals surface area contributed by atoms with Crippen molar-refractivity contribution < 1.29 is 14.2 Å². The van der Waals surface area contributed by atoms with Crippen molar-refractivity contribution in [1.82, 2.24) is 5.32 Å². The Morgan fingerprint density at radius 2 is 1.57 bits per heavy atom. The van der Waals surface area contributed by atoms with E-state index in [0.717, 1.165) is 56.2 Å². The molecule has 0 bridgehead atoms. The Morgan fingerprint density at radius 1 is 0.821 bits per heavy atom. The van der Waals surface area contributed by atoms with Crippen LogP contribution in [0.25, 0.3) is 0 Å². The summed E-state index contributed by atoms with van der Waals surface area (Å²) in [6.45, 7) is 10.9. The summed E-state index contributed by atoms with van der Waals surface area (Å²) in [6.07, 6.45) is 3.36. The third-order valence-electron chi connectivity index (χ3n) is 4.44. The second-order valence-electron chi connectivity index (χ2n) is 6.98. The fourth-order valence-corrected chi connectivity index (χ4v) is 2.78. The predicted octanol–water partition coefficient (Wildman–Crippen LogP) is 5.27. The van der Waals surface area contributed by atoms with E-state index >= 15 is 0 Å². The third kappa shape index (κ3) is 8.32.